The summed E-state index contributed by atoms with van der Waals surface area (Å²) in [6, 6.07) is 2.16. The zero-order chi connectivity index (χ0) is 11.4. The fourth-order valence-corrected chi connectivity index (χ4v) is 1.22. The Kier molecular flexibility index (Phi) is 3.66. The molecule has 82 valence electrons. The minimum atomic E-state index is -0.179. The van der Waals surface area contributed by atoms with E-state index in [1.807, 2.05) is 23.9 Å². The van der Waals surface area contributed by atoms with Crippen LogP contribution in [0.15, 0.2) is 24.9 Å². The normalized spacial score (nSPS) is 12.5. The Hall–Kier alpha value is -1.58. The lowest BCUT2D eigenvalue weighted by Gasteiger charge is -2.10. The minimum Gasteiger partial charge on any atom is -0.344 e. The molecule has 0 aliphatic rings. The van der Waals surface area contributed by atoms with Crippen molar-refractivity contribution in [1.82, 2.24) is 15.1 Å². The molecule has 0 radical (unpaired) electrons. The van der Waals surface area contributed by atoms with Gasteiger partial charge in [0.2, 0.25) is 5.91 Å². The maximum absolute atomic E-state index is 11.1. The molecule has 1 rings (SSSR count). The lowest BCUT2D eigenvalue weighted by Crippen LogP contribution is -2.24. The lowest BCUT2D eigenvalue weighted by atomic mass is 10.2. The Labute approximate surface area is 90.0 Å². The number of nitrogens with zero attached hydrogens (tertiary/aromatic N) is 2. The van der Waals surface area contributed by atoms with Gasteiger partial charge in [-0.2, -0.15) is 5.10 Å². The highest BCUT2D eigenvalue weighted by molar-refractivity contribution is 5.87. The van der Waals surface area contributed by atoms with Crippen LogP contribution in [0.1, 0.15) is 38.5 Å². The van der Waals surface area contributed by atoms with Crippen molar-refractivity contribution < 1.29 is 4.79 Å². The molecule has 15 heavy (non-hydrogen) atoms. The van der Waals surface area contributed by atoms with E-state index in [9.17, 15) is 4.79 Å². The maximum atomic E-state index is 11.1. The molecule has 0 fully saturated rings. The zero-order valence-electron chi connectivity index (χ0n) is 9.40. The topological polar surface area (TPSA) is 46.9 Å². The van der Waals surface area contributed by atoms with E-state index >= 15 is 0 Å². The molecule has 4 nitrogen and oxygen atoms in total. The van der Waals surface area contributed by atoms with Crippen molar-refractivity contribution in [2.75, 3.05) is 0 Å². The van der Waals surface area contributed by atoms with Crippen LogP contribution >= 0.6 is 0 Å². The number of hydrogen-bond donors (Lipinski definition) is 1. The van der Waals surface area contributed by atoms with Gasteiger partial charge in [-0.3, -0.25) is 9.48 Å². The third kappa shape index (κ3) is 2.94. The van der Waals surface area contributed by atoms with E-state index in [0.29, 0.717) is 6.04 Å². The first kappa shape index (κ1) is 11.5. The van der Waals surface area contributed by atoms with Crippen LogP contribution in [0.5, 0.6) is 0 Å². The van der Waals surface area contributed by atoms with Crippen LogP contribution in [-0.4, -0.2) is 15.7 Å². The molecule has 0 aliphatic carbocycles. The van der Waals surface area contributed by atoms with Crippen molar-refractivity contribution >= 4 is 5.91 Å². The van der Waals surface area contributed by atoms with Gasteiger partial charge in [-0.15, -0.1) is 0 Å². The predicted molar refractivity (Wildman–Crippen MR) is 59.4 cm³/mol. The molecule has 1 N–H and O–H groups in total. The molecule has 1 aromatic heterocycles. The minimum absolute atomic E-state index is 0.0875. The molecule has 0 saturated heterocycles. The Morgan fingerprint density at radius 3 is 2.73 bits per heavy atom. The van der Waals surface area contributed by atoms with Gasteiger partial charge in [0.15, 0.2) is 0 Å². The third-order valence-electron chi connectivity index (χ3n) is 2.15. The van der Waals surface area contributed by atoms with Gasteiger partial charge in [0, 0.05) is 12.2 Å². The third-order valence-corrected chi connectivity index (χ3v) is 2.15. The highest BCUT2D eigenvalue weighted by atomic mass is 16.1. The van der Waals surface area contributed by atoms with Gasteiger partial charge in [-0.05, 0) is 32.9 Å². The summed E-state index contributed by atoms with van der Waals surface area (Å²) in [5.74, 6) is -0.179. The average molecular weight is 207 g/mol. The van der Waals surface area contributed by atoms with Gasteiger partial charge in [0.25, 0.3) is 0 Å². The molecule has 1 aromatic rings. The summed E-state index contributed by atoms with van der Waals surface area (Å²) < 4.78 is 1.87. The number of rotatable bonds is 4. The van der Waals surface area contributed by atoms with Crippen molar-refractivity contribution in [3.63, 3.8) is 0 Å². The fourth-order valence-electron chi connectivity index (χ4n) is 1.22. The number of aromatic nitrogens is 2. The number of carbonyl (C=O) groups excluding carboxylic acids is 1. The summed E-state index contributed by atoms with van der Waals surface area (Å²) in [7, 11) is 0. The first-order valence-corrected chi connectivity index (χ1v) is 5.02. The average Bonchev–Trinajstić information content (AvgIpc) is 2.66. The SMILES string of the molecule is C=CC(=O)NC(C)c1ccn(C(C)C)n1. The summed E-state index contributed by atoms with van der Waals surface area (Å²) in [6.07, 6.45) is 3.17. The van der Waals surface area contributed by atoms with Crippen molar-refractivity contribution in [3.8, 4) is 0 Å². The number of nitrogens with one attached hydrogen (secondary N) is 1. The standard InChI is InChI=1S/C11H17N3O/c1-5-11(15)12-9(4)10-6-7-14(13-10)8(2)3/h5-9H,1H2,2-4H3,(H,12,15). The second-order valence-electron chi connectivity index (χ2n) is 3.75. The van der Waals surface area contributed by atoms with Crippen LogP contribution in [0.25, 0.3) is 0 Å². The van der Waals surface area contributed by atoms with Gasteiger partial charge in [0.1, 0.15) is 0 Å². The van der Waals surface area contributed by atoms with E-state index in [1.165, 1.54) is 6.08 Å². The van der Waals surface area contributed by atoms with E-state index < -0.39 is 0 Å². The second-order valence-corrected chi connectivity index (χ2v) is 3.75. The van der Waals surface area contributed by atoms with E-state index in [4.69, 9.17) is 0 Å². The second kappa shape index (κ2) is 4.77. The highest BCUT2D eigenvalue weighted by Gasteiger charge is 2.10. The summed E-state index contributed by atoms with van der Waals surface area (Å²) in [4.78, 5) is 11.1. The Bertz CT molecular complexity index is 354. The monoisotopic (exact) mass is 207 g/mol. The van der Waals surface area contributed by atoms with Crippen LogP contribution in [0, 0.1) is 0 Å². The van der Waals surface area contributed by atoms with Crippen molar-refractivity contribution in [1.29, 1.82) is 0 Å². The first-order valence-electron chi connectivity index (χ1n) is 5.02. The lowest BCUT2D eigenvalue weighted by molar-refractivity contribution is -0.117. The summed E-state index contributed by atoms with van der Waals surface area (Å²) in [5.41, 5.74) is 0.860. The predicted octanol–water partition coefficient (Wildman–Crippen LogP) is 1.83. The van der Waals surface area contributed by atoms with Gasteiger partial charge in [0.05, 0.1) is 11.7 Å². The van der Waals surface area contributed by atoms with E-state index in [1.54, 1.807) is 0 Å². The summed E-state index contributed by atoms with van der Waals surface area (Å²) in [5, 5.41) is 7.13. The molecular weight excluding hydrogens is 190 g/mol. The quantitative estimate of drug-likeness (QED) is 0.766. The van der Waals surface area contributed by atoms with Gasteiger partial charge in [-0.1, -0.05) is 6.58 Å². The van der Waals surface area contributed by atoms with Crippen molar-refractivity contribution in [2.45, 2.75) is 32.9 Å². The molecular formula is C11H17N3O. The Balaban J connectivity index is 2.69. The number of hydrogen-bond acceptors (Lipinski definition) is 2. The molecule has 1 unspecified atom stereocenters. The van der Waals surface area contributed by atoms with Crippen molar-refractivity contribution in [3.05, 3.63) is 30.6 Å². The summed E-state index contributed by atoms with van der Waals surface area (Å²) in [6.45, 7) is 9.42. The first-order chi connectivity index (χ1) is 7.04. The largest absolute Gasteiger partial charge is 0.344 e. The molecule has 0 spiro atoms. The van der Waals surface area contributed by atoms with Gasteiger partial charge in [-0.25, -0.2) is 0 Å². The smallest absolute Gasteiger partial charge is 0.243 e. The Morgan fingerprint density at radius 1 is 1.60 bits per heavy atom. The van der Waals surface area contributed by atoms with Crippen LogP contribution in [0.4, 0.5) is 0 Å². The molecule has 0 bridgehead atoms. The van der Waals surface area contributed by atoms with Gasteiger partial charge < -0.3 is 5.32 Å². The van der Waals surface area contributed by atoms with E-state index in [-0.39, 0.29) is 11.9 Å². The molecule has 1 heterocycles. The van der Waals surface area contributed by atoms with E-state index in [2.05, 4.69) is 30.8 Å². The summed E-state index contributed by atoms with van der Waals surface area (Å²) >= 11 is 0. The molecule has 0 saturated carbocycles. The van der Waals surface area contributed by atoms with Crippen LogP contribution < -0.4 is 5.32 Å². The molecule has 4 heteroatoms. The van der Waals surface area contributed by atoms with Crippen LogP contribution in [0.3, 0.4) is 0 Å². The number of carbonyl (C=O) groups is 1. The van der Waals surface area contributed by atoms with Gasteiger partial charge >= 0.3 is 0 Å². The number of amides is 1. The molecule has 0 aliphatic heterocycles. The zero-order valence-corrected chi connectivity index (χ0v) is 9.40. The maximum Gasteiger partial charge on any atom is 0.243 e. The Morgan fingerprint density at radius 2 is 2.27 bits per heavy atom. The van der Waals surface area contributed by atoms with E-state index in [0.717, 1.165) is 5.69 Å². The highest BCUT2D eigenvalue weighted by Crippen LogP contribution is 2.11. The van der Waals surface area contributed by atoms with Crippen LogP contribution in [0.2, 0.25) is 0 Å². The van der Waals surface area contributed by atoms with Crippen molar-refractivity contribution in [2.24, 2.45) is 0 Å². The fraction of sp³-hybridized carbons (Fsp3) is 0.455. The molecule has 0 aromatic carbocycles. The van der Waals surface area contributed by atoms with Crippen LogP contribution in [-0.2, 0) is 4.79 Å². The molecule has 1 atom stereocenters. The molecule has 1 amide bonds.